The number of aliphatic hydroxyl groups excluding tert-OH is 2. The van der Waals surface area contributed by atoms with E-state index in [1.807, 2.05) is 26.0 Å². The van der Waals surface area contributed by atoms with E-state index in [-0.39, 0.29) is 57.1 Å². The fourth-order valence-electron chi connectivity index (χ4n) is 9.98. The number of hydrogen-bond donors (Lipinski definition) is 5. The van der Waals surface area contributed by atoms with Gasteiger partial charge < -0.3 is 59.4 Å². The van der Waals surface area contributed by atoms with E-state index in [9.17, 15) is 29.7 Å². The Hall–Kier alpha value is -2.86. The molecule has 14 atom stereocenters. The quantitative estimate of drug-likeness (QED) is 0.125. The van der Waals surface area contributed by atoms with Crippen molar-refractivity contribution in [3.05, 3.63) is 36.0 Å². The van der Waals surface area contributed by atoms with Crippen LogP contribution in [0.25, 0.3) is 0 Å². The lowest BCUT2D eigenvalue weighted by atomic mass is 9.81. The molecule has 1 aliphatic carbocycles. The number of methoxy groups -OCH3 is 3. The van der Waals surface area contributed by atoms with Crippen LogP contribution in [0.2, 0.25) is 0 Å². The van der Waals surface area contributed by atoms with Crippen LogP contribution < -0.4 is 5.32 Å². The molecule has 1 saturated carbocycles. The Kier molecular flexibility index (Phi) is 22.9. The van der Waals surface area contributed by atoms with E-state index in [0.29, 0.717) is 62.7 Å². The Labute approximate surface area is 383 Å². The molecule has 0 aromatic rings. The molecule has 64 heavy (non-hydrogen) atoms. The van der Waals surface area contributed by atoms with E-state index < -0.39 is 77.9 Å². The maximum atomic E-state index is 14.3. The minimum atomic E-state index is -2.50. The van der Waals surface area contributed by atoms with Crippen molar-refractivity contribution in [2.24, 2.45) is 29.6 Å². The molecule has 3 saturated heterocycles. The summed E-state index contributed by atoms with van der Waals surface area (Å²) in [5.74, 6) is -7.13. The highest BCUT2D eigenvalue weighted by molar-refractivity contribution is 6.39. The fourth-order valence-corrected chi connectivity index (χ4v) is 9.98. The van der Waals surface area contributed by atoms with E-state index in [4.69, 9.17) is 33.8 Å². The standard InChI is InChI=1S/C44H70N2O11.C4H9NO.CH4/c1-10-13-31-19-25(2)18-26(3)20-37(54-8)40-38(55-9)22-28(5)44(52,57-40)41(49)42(50)46-17-12-11-14-33(46)43(51)56-39(29(6)35(48)24-32(31)45)27(4)21-30-15-16-34(47)36(23-30)53-7;1-3-6-4-2-5-1;/h10,19,21,26,28-31,33-40,45,47-48,52H,1,11-18,20,22-24H2,2-9H3;5H,1-4H2;1H4/b25-19+,27-21+,45-32?;;/t26-,28+,29+,30-,31+,33-,34+,35-,36+,37-,38-,39+,40+,44+;;/m0../s1. The van der Waals surface area contributed by atoms with Crippen LogP contribution in [0.3, 0.4) is 0 Å². The van der Waals surface area contributed by atoms with Gasteiger partial charge in [-0.25, -0.2) is 4.79 Å². The number of cyclic esters (lactones) is 1. The molecule has 0 aromatic heterocycles. The van der Waals surface area contributed by atoms with Gasteiger partial charge >= 0.3 is 5.97 Å². The van der Waals surface area contributed by atoms with Crippen LogP contribution in [-0.2, 0) is 42.8 Å². The summed E-state index contributed by atoms with van der Waals surface area (Å²) in [7, 11) is 4.65. The Morgan fingerprint density at radius 3 is 2.20 bits per heavy atom. The molecular formula is C49H83N3O12. The predicted octanol–water partition coefficient (Wildman–Crippen LogP) is 5.33. The van der Waals surface area contributed by atoms with E-state index >= 15 is 0 Å². The first-order valence-electron chi connectivity index (χ1n) is 23.2. The summed E-state index contributed by atoms with van der Waals surface area (Å²) in [5.41, 5.74) is 2.06. The second-order valence-electron chi connectivity index (χ2n) is 18.7. The number of esters is 1. The first-order valence-corrected chi connectivity index (χ1v) is 23.2. The number of carbonyl (C=O) groups is 3. The van der Waals surface area contributed by atoms with Gasteiger partial charge in [0.05, 0.1) is 43.7 Å². The smallest absolute Gasteiger partial charge is 0.329 e. The lowest BCUT2D eigenvalue weighted by molar-refractivity contribution is -0.302. The van der Waals surface area contributed by atoms with Gasteiger partial charge in [0.15, 0.2) is 0 Å². The van der Waals surface area contributed by atoms with Crippen molar-refractivity contribution >= 4 is 23.4 Å². The van der Waals surface area contributed by atoms with Gasteiger partial charge in [-0.2, -0.15) is 0 Å². The second-order valence-corrected chi connectivity index (χ2v) is 18.7. The molecule has 0 spiro atoms. The Balaban J connectivity index is 0.00000143. The Bertz CT molecular complexity index is 1570. The van der Waals surface area contributed by atoms with Crippen molar-refractivity contribution in [3.8, 4) is 0 Å². The lowest BCUT2D eigenvalue weighted by Gasteiger charge is -2.47. The van der Waals surface area contributed by atoms with Crippen LogP contribution in [0.5, 0.6) is 0 Å². The number of nitrogens with zero attached hydrogens (tertiary/aromatic N) is 1. The number of morpholine rings is 1. The number of aliphatic hydroxyl groups is 3. The van der Waals surface area contributed by atoms with Crippen LogP contribution in [-0.4, -0.2) is 152 Å². The third-order valence-electron chi connectivity index (χ3n) is 13.8. The number of ether oxygens (including phenoxy) is 6. The largest absolute Gasteiger partial charge is 0.456 e. The summed E-state index contributed by atoms with van der Waals surface area (Å²) in [6.07, 6.45) is 5.99. The highest BCUT2D eigenvalue weighted by atomic mass is 16.7. The van der Waals surface area contributed by atoms with Crippen molar-refractivity contribution in [2.45, 2.75) is 167 Å². The molecule has 0 unspecified atom stereocenters. The van der Waals surface area contributed by atoms with Crippen LogP contribution in [0.1, 0.15) is 113 Å². The third kappa shape index (κ3) is 14.6. The van der Waals surface area contributed by atoms with Crippen molar-refractivity contribution < 1.29 is 58.1 Å². The van der Waals surface area contributed by atoms with Crippen molar-refractivity contribution in [2.75, 3.05) is 54.2 Å². The van der Waals surface area contributed by atoms with Crippen molar-refractivity contribution in [1.29, 1.82) is 5.41 Å². The van der Waals surface area contributed by atoms with Gasteiger partial charge in [0, 0.05) is 70.8 Å². The number of nitrogens with one attached hydrogen (secondary N) is 2. The maximum absolute atomic E-state index is 14.3. The summed E-state index contributed by atoms with van der Waals surface area (Å²) in [6, 6.07) is -1.12. The molecule has 4 fully saturated rings. The van der Waals surface area contributed by atoms with Gasteiger partial charge in [0.2, 0.25) is 5.79 Å². The number of fused-ring (bicyclic) bond motifs is 3. The fraction of sp³-hybridized carbons (Fsp3) is 0.796. The molecule has 5 N–H and O–H groups in total. The first kappa shape index (κ1) is 55.5. The SMILES string of the molecule is C.C1COCCN1.C=CC[C@@H]1/C=C(\C)C[C@H](C)C[C@H](OC)[C@H]2O[C@@](O)(C(=O)C(=O)N3CCCC[C@H]3C(=O)O[C@H](/C(C)=C/[C@@H]3CC[C@@H](O)[C@H](OC)C3)[C@H](C)[C@@H](O)CC1=N)[C@H](C)C[C@@H]2OC. The van der Waals surface area contributed by atoms with E-state index in [1.165, 1.54) is 12.0 Å². The zero-order chi connectivity index (χ0) is 46.4. The number of carbonyl (C=O) groups excluding carboxylic acids is 3. The zero-order valence-electron chi connectivity index (χ0n) is 39.2. The molecule has 5 rings (SSSR count). The minimum Gasteiger partial charge on any atom is -0.456 e. The van der Waals surface area contributed by atoms with Gasteiger partial charge in [0.1, 0.15) is 18.2 Å². The number of ketones is 1. The molecule has 15 heteroatoms. The number of Topliss-reactive ketones (excluding diaryl/α,β-unsaturated/α-hetero) is 1. The number of piperidine rings is 1. The molecule has 2 bridgehead atoms. The minimum absolute atomic E-state index is 0. The third-order valence-corrected chi connectivity index (χ3v) is 13.8. The molecule has 0 radical (unpaired) electrons. The molecule has 366 valence electrons. The number of allylic oxidation sites excluding steroid dienone is 4. The Morgan fingerprint density at radius 2 is 1.61 bits per heavy atom. The van der Waals surface area contributed by atoms with E-state index in [1.54, 1.807) is 34.1 Å². The molecule has 15 nitrogen and oxygen atoms in total. The predicted molar refractivity (Wildman–Crippen MR) is 246 cm³/mol. The molecular weight excluding hydrogens is 823 g/mol. The summed E-state index contributed by atoms with van der Waals surface area (Å²) < 4.78 is 34.9. The summed E-state index contributed by atoms with van der Waals surface area (Å²) in [6.45, 7) is 17.2. The molecule has 5 aliphatic rings. The van der Waals surface area contributed by atoms with Crippen LogP contribution in [0, 0.1) is 35.0 Å². The highest BCUT2D eigenvalue weighted by Gasteiger charge is 2.56. The topological polar surface area (TPSA) is 206 Å². The van der Waals surface area contributed by atoms with Crippen molar-refractivity contribution in [1.82, 2.24) is 10.2 Å². The first-order chi connectivity index (χ1) is 30.0. The number of hydrogen-bond acceptors (Lipinski definition) is 14. The number of amides is 1. The van der Waals surface area contributed by atoms with E-state index in [2.05, 4.69) is 18.8 Å². The Morgan fingerprint density at radius 1 is 0.953 bits per heavy atom. The maximum Gasteiger partial charge on any atom is 0.329 e. The molecule has 1 amide bonds. The lowest BCUT2D eigenvalue weighted by Crippen LogP contribution is -2.64. The second kappa shape index (κ2) is 26.5. The zero-order valence-corrected chi connectivity index (χ0v) is 39.2. The van der Waals surface area contributed by atoms with Crippen LogP contribution >= 0.6 is 0 Å². The average Bonchev–Trinajstić information content (AvgIpc) is 3.28. The normalized spacial score (nSPS) is 38.7. The van der Waals surface area contributed by atoms with Gasteiger partial charge in [-0.1, -0.05) is 52.0 Å². The highest BCUT2D eigenvalue weighted by Crippen LogP contribution is 2.39. The van der Waals surface area contributed by atoms with Crippen molar-refractivity contribution in [3.63, 3.8) is 0 Å². The molecule has 4 aliphatic heterocycles. The van der Waals surface area contributed by atoms with Gasteiger partial charge in [-0.15, -0.1) is 6.58 Å². The van der Waals surface area contributed by atoms with E-state index in [0.717, 1.165) is 31.9 Å². The van der Waals surface area contributed by atoms with Crippen LogP contribution in [0.4, 0.5) is 0 Å². The number of rotatable bonds is 7. The summed E-state index contributed by atoms with van der Waals surface area (Å²) in [4.78, 5) is 44.0. The average molecular weight is 906 g/mol. The summed E-state index contributed by atoms with van der Waals surface area (Å²) in [5, 5.41) is 46.6. The van der Waals surface area contributed by atoms with Gasteiger partial charge in [0.25, 0.3) is 11.7 Å². The monoisotopic (exact) mass is 906 g/mol. The molecule has 0 aromatic carbocycles. The summed E-state index contributed by atoms with van der Waals surface area (Å²) >= 11 is 0. The van der Waals surface area contributed by atoms with Crippen LogP contribution in [0.15, 0.2) is 36.0 Å². The van der Waals surface area contributed by atoms with Gasteiger partial charge in [-0.05, 0) is 95.5 Å². The van der Waals surface area contributed by atoms with Gasteiger partial charge in [-0.3, -0.25) is 9.59 Å². The molecule has 4 heterocycles.